The van der Waals surface area contributed by atoms with Gasteiger partial charge < -0.3 is 28.1 Å². The van der Waals surface area contributed by atoms with Crippen molar-refractivity contribution in [3.63, 3.8) is 0 Å². The van der Waals surface area contributed by atoms with Crippen LogP contribution in [0.2, 0.25) is 0 Å². The molecule has 2 heterocycles. The number of phenols is 2. The zero-order chi connectivity index (χ0) is 69.3. The summed E-state index contributed by atoms with van der Waals surface area (Å²) < 4.78 is 44.1. The van der Waals surface area contributed by atoms with Crippen molar-refractivity contribution in [1.29, 1.82) is 0 Å². The summed E-state index contributed by atoms with van der Waals surface area (Å²) in [5, 5.41) is 31.2. The average Bonchev–Trinajstić information content (AvgIpc) is 1.62. The van der Waals surface area contributed by atoms with Crippen molar-refractivity contribution >= 4 is 43.6 Å². The van der Waals surface area contributed by atoms with Crippen LogP contribution in [0, 0.1) is 83.1 Å². The van der Waals surface area contributed by atoms with Crippen LogP contribution in [0.4, 0.5) is 8.78 Å². The van der Waals surface area contributed by atoms with Crippen molar-refractivity contribution in [2.24, 2.45) is 22.7 Å². The van der Waals surface area contributed by atoms with E-state index in [0.29, 0.717) is 69.5 Å². The van der Waals surface area contributed by atoms with Crippen LogP contribution in [0.15, 0.2) is 115 Å². The van der Waals surface area contributed by atoms with Gasteiger partial charge in [-0.3, -0.25) is 0 Å². The average molecular weight is 1280 g/mol. The van der Waals surface area contributed by atoms with Gasteiger partial charge in [-0.1, -0.05) is 172 Å². The van der Waals surface area contributed by atoms with Crippen LogP contribution in [0.5, 0.6) is 23.0 Å². The number of aromatic hydroxyl groups is 2. The number of aromatic nitrogens is 2. The monoisotopic (exact) mass is 1280 g/mol. The first-order chi connectivity index (χ1) is 44.1. The highest BCUT2D eigenvalue weighted by Crippen LogP contribution is 2.54. The maximum Gasteiger partial charge on any atom is 0.237 e. The number of nitrogens with zero attached hydrogens (tertiary/aromatic N) is 2. The SMILES string of the molecule is [CH2-][O+](C[C@@H]1CCCC[C@H]1C[O+]([CH2-])c1c(C)cc(F)cc1-c1cc(C(C)(C)CC(C)(C)C)cc(-n2c3cccc(C)c3c3ccc(C)c(C)c32)c1O)c1c(C)cc(F)cc1-c1cc(C(C)(C)CC(C)(C)C)cc(-n2c3cc(C(C)(C)C)ccc3c3ccc(C(C)(C)C)cc32)c1O. The molecule has 0 bridgehead atoms. The largest absolute Gasteiger partial charge is 0.711 e. The molecule has 8 aromatic carbocycles. The van der Waals surface area contributed by atoms with E-state index in [1.54, 1.807) is 24.3 Å². The van der Waals surface area contributed by atoms with E-state index in [4.69, 9.17) is 14.2 Å². The third kappa shape index (κ3) is 13.1. The zero-order valence-electron chi connectivity index (χ0n) is 61.1. The summed E-state index contributed by atoms with van der Waals surface area (Å²) in [6, 6.07) is 39.1. The Morgan fingerprint density at radius 3 is 1.28 bits per heavy atom. The van der Waals surface area contributed by atoms with Gasteiger partial charge in [0.1, 0.15) is 23.1 Å². The number of phenolic OH excluding ortho intramolecular Hbond substituents is 2. The number of fused-ring (bicyclic) bond motifs is 6. The second kappa shape index (κ2) is 24.5. The second-order valence-electron chi connectivity index (χ2n) is 34.4. The molecule has 0 amide bonds. The minimum atomic E-state index is -0.404. The quantitative estimate of drug-likeness (QED) is 0.0842. The summed E-state index contributed by atoms with van der Waals surface area (Å²) in [5.41, 5.74) is 15.6. The van der Waals surface area contributed by atoms with Gasteiger partial charge in [-0.25, -0.2) is 8.78 Å². The predicted octanol–water partition coefficient (Wildman–Crippen LogP) is 25.1. The number of rotatable bonds is 14. The standard InChI is InChI=1S/C87H106F2N2O4/c1-51-31-34-66-76-52(2)27-26-30-71(76)91(77(66)55(51)5)75-44-61(87(20,21)50-83(9,10)11)40-68(79(75)93)70-46-63(89)38-54(4)81(70)95(23)48-57-29-25-24-28-56(57)47-94(22)80-53(3)37-62(88)45-69(80)67-39-60(86(18,19)49-82(6,7)8)43-74(78(67)92)90-72-41-58(84(12,13)14)32-35-64(72)65-36-33-59(42-73(65)90)85(15,16)17/h26-27,30-46,56-57,92-93H,22-25,28-29,47-50H2,1-21H3/t56-,57-/m0/s1. The Morgan fingerprint density at radius 1 is 0.442 bits per heavy atom. The van der Waals surface area contributed by atoms with Gasteiger partial charge in [0.25, 0.3) is 0 Å². The Morgan fingerprint density at radius 2 is 0.863 bits per heavy atom. The smallest absolute Gasteiger partial charge is 0.237 e. The molecule has 0 unspecified atom stereocenters. The van der Waals surface area contributed by atoms with Crippen molar-refractivity contribution in [1.82, 2.24) is 9.13 Å². The number of hydrogen-bond donors (Lipinski definition) is 2. The molecule has 95 heavy (non-hydrogen) atoms. The van der Waals surface area contributed by atoms with E-state index in [-0.39, 0.29) is 55.8 Å². The van der Waals surface area contributed by atoms with E-state index in [1.807, 2.05) is 13.8 Å². The van der Waals surface area contributed by atoms with Crippen LogP contribution in [0.1, 0.15) is 199 Å². The molecule has 0 radical (unpaired) electrons. The third-order valence-electron chi connectivity index (χ3n) is 20.9. The summed E-state index contributed by atoms with van der Waals surface area (Å²) in [5.74, 6) is 0.817. The Kier molecular flexibility index (Phi) is 17.7. The van der Waals surface area contributed by atoms with Crippen LogP contribution in [0.25, 0.3) is 77.2 Å². The van der Waals surface area contributed by atoms with E-state index >= 15 is 8.78 Å². The highest BCUT2D eigenvalue weighted by molar-refractivity contribution is 6.13. The van der Waals surface area contributed by atoms with Crippen molar-refractivity contribution in [2.45, 2.75) is 206 Å². The van der Waals surface area contributed by atoms with E-state index in [0.717, 1.165) is 110 Å². The van der Waals surface area contributed by atoms with E-state index < -0.39 is 11.6 Å². The van der Waals surface area contributed by atoms with E-state index in [1.165, 1.54) is 11.1 Å². The summed E-state index contributed by atoms with van der Waals surface area (Å²) in [4.78, 5) is 0. The van der Waals surface area contributed by atoms with E-state index in [2.05, 4.69) is 240 Å². The molecule has 1 aliphatic rings. The molecule has 2 N–H and O–H groups in total. The van der Waals surface area contributed by atoms with Gasteiger partial charge in [0.05, 0.1) is 44.6 Å². The first kappa shape index (κ1) is 68.8. The molecule has 0 aliphatic heterocycles. The minimum absolute atomic E-state index is 0.0305. The molecule has 1 aliphatic carbocycles. The minimum Gasteiger partial charge on any atom is -0.711 e. The molecular formula is C87H106F2N2O4. The lowest BCUT2D eigenvalue weighted by Gasteiger charge is -2.41. The number of aryl methyl sites for hydroxylation is 5. The highest BCUT2D eigenvalue weighted by Gasteiger charge is 2.38. The number of benzene rings is 8. The van der Waals surface area contributed by atoms with Crippen LogP contribution in [-0.4, -0.2) is 32.6 Å². The maximum absolute atomic E-state index is 16.6. The van der Waals surface area contributed by atoms with Crippen molar-refractivity contribution in [2.75, 3.05) is 13.2 Å². The van der Waals surface area contributed by atoms with Crippen LogP contribution in [-0.2, 0) is 30.4 Å². The Hall–Kier alpha value is -7.58. The number of hydrogen-bond acceptors (Lipinski definition) is 2. The summed E-state index contributed by atoms with van der Waals surface area (Å²) in [6.07, 6.45) is 5.55. The van der Waals surface area contributed by atoms with Crippen LogP contribution in [0.3, 0.4) is 0 Å². The predicted molar refractivity (Wildman–Crippen MR) is 398 cm³/mol. The van der Waals surface area contributed by atoms with Gasteiger partial charge in [-0.15, -0.1) is 0 Å². The lowest BCUT2D eigenvalue weighted by Crippen LogP contribution is -2.31. The molecule has 10 aromatic rings. The molecule has 8 heteroatoms. The third-order valence-corrected chi connectivity index (χ3v) is 20.9. The maximum atomic E-state index is 16.6. The molecule has 6 nitrogen and oxygen atoms in total. The molecule has 1 fully saturated rings. The molecule has 2 aromatic heterocycles. The normalized spacial score (nSPS) is 15.5. The first-order valence-electron chi connectivity index (χ1n) is 34.6. The summed E-state index contributed by atoms with van der Waals surface area (Å²) >= 11 is 0. The summed E-state index contributed by atoms with van der Waals surface area (Å²) in [6.45, 7) is 47.4. The molecule has 0 spiro atoms. The number of halogens is 2. The van der Waals surface area contributed by atoms with Crippen molar-refractivity contribution in [3.8, 4) is 56.6 Å². The van der Waals surface area contributed by atoms with Gasteiger partial charge >= 0.3 is 0 Å². The zero-order valence-corrected chi connectivity index (χ0v) is 61.1. The second-order valence-corrected chi connectivity index (χ2v) is 34.4. The van der Waals surface area contributed by atoms with Gasteiger partial charge in [0.15, 0.2) is 13.2 Å². The van der Waals surface area contributed by atoms with Gasteiger partial charge in [0, 0.05) is 55.6 Å². The Labute approximate surface area is 566 Å². The van der Waals surface area contributed by atoms with Gasteiger partial charge in [-0.05, 0) is 213 Å². The fourth-order valence-electron chi connectivity index (χ4n) is 16.7. The first-order valence-corrected chi connectivity index (χ1v) is 34.6. The van der Waals surface area contributed by atoms with E-state index in [9.17, 15) is 10.2 Å². The summed E-state index contributed by atoms with van der Waals surface area (Å²) in [7, 11) is 9.53. The molecular weight excluding hydrogens is 1170 g/mol. The van der Waals surface area contributed by atoms with Crippen molar-refractivity contribution < 1.29 is 27.7 Å². The molecule has 1 saturated carbocycles. The fraction of sp³-hybridized carbons (Fsp3) is 0.425. The lowest BCUT2D eigenvalue weighted by molar-refractivity contribution is -0.0612. The van der Waals surface area contributed by atoms with Gasteiger partial charge in [0.2, 0.25) is 11.5 Å². The van der Waals surface area contributed by atoms with Crippen molar-refractivity contribution in [3.05, 3.63) is 191 Å². The van der Waals surface area contributed by atoms with Crippen LogP contribution < -0.4 is 0 Å². The molecule has 502 valence electrons. The molecule has 11 rings (SSSR count). The van der Waals surface area contributed by atoms with Gasteiger partial charge in [-0.2, -0.15) is 0 Å². The molecule has 2 atom stereocenters. The molecule has 0 saturated heterocycles. The topological polar surface area (TPSA) is 55.7 Å². The fourth-order valence-corrected chi connectivity index (χ4v) is 16.7. The highest BCUT2D eigenvalue weighted by atomic mass is 19.1. The van der Waals surface area contributed by atoms with Crippen LogP contribution >= 0.6 is 0 Å². The lowest BCUT2D eigenvalue weighted by atomic mass is 9.71. The Bertz CT molecular complexity index is 4570. The Balaban J connectivity index is 1.03.